The molecule has 1 saturated heterocycles. The second kappa shape index (κ2) is 29.9. The van der Waals surface area contributed by atoms with Crippen molar-refractivity contribution in [1.82, 2.24) is 42.5 Å². The minimum atomic E-state index is -0.826. The van der Waals surface area contributed by atoms with Crippen LogP contribution in [0.4, 0.5) is 0 Å². The van der Waals surface area contributed by atoms with Crippen LogP contribution in [0.15, 0.2) is 0 Å². The molecule has 0 bridgehead atoms. The molecule has 4 amide bonds. The van der Waals surface area contributed by atoms with Crippen molar-refractivity contribution in [2.24, 2.45) is 0 Å². The molecule has 1 fully saturated rings. The van der Waals surface area contributed by atoms with Crippen LogP contribution >= 0.6 is 34.1 Å². The Labute approximate surface area is 237 Å². The van der Waals surface area contributed by atoms with Gasteiger partial charge in [-0.15, -0.1) is 0 Å². The zero-order valence-electron chi connectivity index (χ0n) is 18.6. The Morgan fingerprint density at radius 3 is 0.706 bits per heavy atom. The molecule has 1 aliphatic rings. The van der Waals surface area contributed by atoms with E-state index in [9.17, 15) is 19.2 Å². The van der Waals surface area contributed by atoms with Gasteiger partial charge in [-0.05, 0) is 0 Å². The second-order valence-corrected chi connectivity index (χ2v) is 13.6. The summed E-state index contributed by atoms with van der Waals surface area (Å²) in [5, 5.41) is 22.6. The first-order valence-electron chi connectivity index (χ1n) is 10.3. The molecule has 1 heterocycles. The first-order chi connectivity index (χ1) is 16.4. The molecule has 0 radical (unpaired) electrons. The first-order valence-corrected chi connectivity index (χ1v) is 23.0. The summed E-state index contributed by atoms with van der Waals surface area (Å²) >= 11 is -1.65. The van der Waals surface area contributed by atoms with Gasteiger partial charge in [-0.1, -0.05) is 0 Å². The van der Waals surface area contributed by atoms with Crippen molar-refractivity contribution < 1.29 is 60.9 Å². The number of nitrogens with one attached hydrogen (secondary N) is 8. The topological polar surface area (TPSA) is 165 Å². The van der Waals surface area contributed by atoms with Crippen molar-refractivity contribution in [3.8, 4) is 0 Å². The van der Waals surface area contributed by atoms with Gasteiger partial charge in [0.1, 0.15) is 0 Å². The average Bonchev–Trinajstić information content (AvgIpc) is 2.81. The number of carbonyl (C=O) groups is 4. The number of rotatable bonds is 0. The summed E-state index contributed by atoms with van der Waals surface area (Å²) in [5.41, 5.74) is 0. The summed E-state index contributed by atoms with van der Waals surface area (Å²) in [6, 6.07) is 0. The summed E-state index contributed by atoms with van der Waals surface area (Å²) in [5.74, 6) is -2.58. The molecule has 8 N–H and O–H groups in total. The van der Waals surface area contributed by atoms with Crippen LogP contribution in [-0.2, 0) is 60.9 Å². The molecule has 0 atom stereocenters. The Balaban J connectivity index is 0. The quantitative estimate of drug-likeness (QED) is 0.128. The maximum absolute atomic E-state index is 11.6. The van der Waals surface area contributed by atoms with Crippen molar-refractivity contribution in [2.45, 2.75) is 0 Å². The van der Waals surface area contributed by atoms with Crippen LogP contribution < -0.4 is 42.5 Å². The SMILES string of the molecule is O=C1NCCNCCNCCNC(=O)C(=O)NCCNCCNCCNC1=O.[Cl][Zr][Cl].[Cl][Zr][Cl]. The standard InChI is InChI=1S/C16H32N8O4.4ClH.2Zr/c25-13-14(26)23-11-7-19-3-4-20-8-12-24-16(28)15(27)22-10-6-18-2-1-17-5-9-21-13;;;;;;/h17-20H,1-12H2,(H,21,25)(H,22,27)(H,23,26)(H,24,28);4*1H;;/q;;;;;2*+2/p-4. The molecule has 34 heavy (non-hydrogen) atoms. The van der Waals surface area contributed by atoms with Crippen LogP contribution in [0.3, 0.4) is 0 Å². The van der Waals surface area contributed by atoms with Gasteiger partial charge in [0.05, 0.1) is 0 Å². The summed E-state index contributed by atoms with van der Waals surface area (Å²) in [6.45, 7) is 6.18. The maximum atomic E-state index is 11.6. The Morgan fingerprint density at radius 1 is 0.382 bits per heavy atom. The van der Waals surface area contributed by atoms with E-state index in [4.69, 9.17) is 34.1 Å². The molecule has 0 saturated carbocycles. The second-order valence-electron chi connectivity index (χ2n) is 6.17. The third kappa shape index (κ3) is 27.2. The van der Waals surface area contributed by atoms with E-state index in [0.717, 1.165) is 0 Å². The van der Waals surface area contributed by atoms with E-state index in [1.54, 1.807) is 0 Å². The van der Waals surface area contributed by atoms with Gasteiger partial charge in [0.25, 0.3) is 0 Å². The summed E-state index contributed by atoms with van der Waals surface area (Å²) < 4.78 is 0. The summed E-state index contributed by atoms with van der Waals surface area (Å²) in [7, 11) is 19.7. The molecule has 0 aromatic carbocycles. The van der Waals surface area contributed by atoms with E-state index in [1.165, 1.54) is 0 Å². The van der Waals surface area contributed by atoms with E-state index in [1.807, 2.05) is 0 Å². The zero-order valence-corrected chi connectivity index (χ0v) is 26.6. The zero-order chi connectivity index (χ0) is 25.9. The van der Waals surface area contributed by atoms with Gasteiger partial charge in [-0.25, -0.2) is 0 Å². The van der Waals surface area contributed by atoms with Crippen molar-refractivity contribution >= 4 is 57.7 Å². The predicted molar refractivity (Wildman–Crippen MR) is 127 cm³/mol. The van der Waals surface area contributed by atoms with Crippen molar-refractivity contribution in [3.05, 3.63) is 0 Å². The molecule has 18 heteroatoms. The molecule has 12 nitrogen and oxygen atoms in total. The molecule has 196 valence electrons. The molecule has 0 unspecified atom stereocenters. The van der Waals surface area contributed by atoms with Crippen molar-refractivity contribution in [1.29, 1.82) is 0 Å². The monoisotopic (exact) mass is 720 g/mol. The van der Waals surface area contributed by atoms with Gasteiger partial charge in [0.2, 0.25) is 0 Å². The van der Waals surface area contributed by atoms with Gasteiger partial charge < -0.3 is 42.5 Å². The number of amides is 4. The van der Waals surface area contributed by atoms with Crippen LogP contribution in [-0.4, -0.2) is 102 Å². The fourth-order valence-corrected chi connectivity index (χ4v) is 2.23. The van der Waals surface area contributed by atoms with E-state index in [-0.39, 0.29) is 0 Å². The van der Waals surface area contributed by atoms with Crippen LogP contribution in [0, 0.1) is 0 Å². The molecule has 1 rings (SSSR count). The molecule has 0 aliphatic carbocycles. The Kier molecular flexibility index (Phi) is 32.3. The van der Waals surface area contributed by atoms with Crippen molar-refractivity contribution in [2.75, 3.05) is 78.5 Å². The first kappa shape index (κ1) is 36.8. The number of halogens is 4. The molecule has 1 aliphatic heterocycles. The summed E-state index contributed by atoms with van der Waals surface area (Å²) in [4.78, 5) is 46.5. The van der Waals surface area contributed by atoms with Gasteiger partial charge in [-0.3, -0.25) is 19.2 Å². The number of hydrogen-bond acceptors (Lipinski definition) is 8. The fraction of sp³-hybridized carbons (Fsp3) is 0.750. The average molecular weight is 725 g/mol. The minimum absolute atomic E-state index is 0.349. The third-order valence-electron chi connectivity index (χ3n) is 3.72. The Bertz CT molecular complexity index is 469. The van der Waals surface area contributed by atoms with E-state index >= 15 is 0 Å². The van der Waals surface area contributed by atoms with Crippen LogP contribution in [0.2, 0.25) is 0 Å². The molecule has 0 spiro atoms. The van der Waals surface area contributed by atoms with Crippen LogP contribution in [0.25, 0.3) is 0 Å². The predicted octanol–water partition coefficient (Wildman–Crippen LogP) is -2.42. The van der Waals surface area contributed by atoms with Gasteiger partial charge >= 0.3 is 99.4 Å². The fourth-order valence-electron chi connectivity index (χ4n) is 2.23. The summed E-state index contributed by atoms with van der Waals surface area (Å²) in [6.07, 6.45) is 0. The van der Waals surface area contributed by atoms with Gasteiger partial charge in [-0.2, -0.15) is 0 Å². The van der Waals surface area contributed by atoms with E-state index in [2.05, 4.69) is 42.5 Å². The molecular weight excluding hydrogens is 692 g/mol. The Hall–Kier alpha value is 0.646. The molecular formula is C16H32Cl4N8O4Zr2. The van der Waals surface area contributed by atoms with Crippen molar-refractivity contribution in [3.63, 3.8) is 0 Å². The van der Waals surface area contributed by atoms with E-state index in [0.29, 0.717) is 78.5 Å². The molecule has 0 aromatic heterocycles. The van der Waals surface area contributed by atoms with Gasteiger partial charge in [0.15, 0.2) is 0 Å². The van der Waals surface area contributed by atoms with Crippen LogP contribution in [0.1, 0.15) is 0 Å². The number of hydrogen-bond donors (Lipinski definition) is 8. The Morgan fingerprint density at radius 2 is 0.529 bits per heavy atom. The molecule has 0 aromatic rings. The normalized spacial score (nSPS) is 18.5. The van der Waals surface area contributed by atoms with Gasteiger partial charge in [0, 0.05) is 78.5 Å². The van der Waals surface area contributed by atoms with E-state index < -0.39 is 65.3 Å². The number of carbonyl (C=O) groups excluding carboxylic acids is 4. The third-order valence-corrected chi connectivity index (χ3v) is 3.72. The van der Waals surface area contributed by atoms with Crippen LogP contribution in [0.5, 0.6) is 0 Å².